The highest BCUT2D eigenvalue weighted by Crippen LogP contribution is 2.41. The number of benzene rings is 3. The summed E-state index contributed by atoms with van der Waals surface area (Å²) in [5, 5.41) is 57.2. The topological polar surface area (TPSA) is 233 Å². The van der Waals surface area contributed by atoms with Crippen molar-refractivity contribution in [2.45, 2.75) is 0 Å². The van der Waals surface area contributed by atoms with Gasteiger partial charge in [0.25, 0.3) is 17.1 Å². The van der Waals surface area contributed by atoms with E-state index in [1.165, 1.54) is 24.3 Å². The predicted molar refractivity (Wildman–Crippen MR) is 117 cm³/mol. The molecule has 3 rings (SSSR count). The zero-order chi connectivity index (χ0) is 25.9. The summed E-state index contributed by atoms with van der Waals surface area (Å²) in [5.41, 5.74) is -0.472. The number of hydrogen-bond donors (Lipinski definition) is 0. The maximum absolute atomic E-state index is 11.6. The van der Waals surface area contributed by atoms with Crippen LogP contribution in [0.1, 0.15) is 0 Å². The quantitative estimate of drug-likeness (QED) is 0.308. The van der Waals surface area contributed by atoms with Gasteiger partial charge < -0.3 is 0 Å². The molecule has 0 heterocycles. The number of anilines is 2. The molecule has 3 aromatic carbocycles. The Bertz CT molecular complexity index is 1270. The number of nitro benzene ring substituents is 5. The van der Waals surface area contributed by atoms with Gasteiger partial charge in [0, 0.05) is 24.3 Å². The number of nitro groups is 5. The maximum Gasteiger partial charge on any atom is 0.310 e. The molecular weight excluding hydrogens is 474 g/mol. The van der Waals surface area contributed by atoms with E-state index in [1.54, 1.807) is 0 Å². The van der Waals surface area contributed by atoms with Gasteiger partial charge in [0.2, 0.25) is 5.69 Å². The largest absolute Gasteiger partial charge is 0.310 e. The van der Waals surface area contributed by atoms with E-state index in [1.807, 2.05) is 0 Å². The first-order valence-electron chi connectivity index (χ1n) is 9.11. The standard InChI is InChI=1S/C18H10N7O10/c26-21(27)13-5-1-11(2-6-13)20(12-3-7-14(8-4-12)22(28)29)19-18-16(24(32)33)9-15(23(30)31)10-17(18)25(34)35/h1-10H. The number of nitrogens with zero attached hydrogens (tertiary/aromatic N) is 7. The minimum Gasteiger partial charge on any atom is -0.258 e. The van der Waals surface area contributed by atoms with Crippen LogP contribution in [-0.2, 0) is 0 Å². The first kappa shape index (κ1) is 23.9. The Balaban J connectivity index is 2.22. The highest BCUT2D eigenvalue weighted by Gasteiger charge is 2.34. The molecule has 35 heavy (non-hydrogen) atoms. The SMILES string of the molecule is O=[N+]([O-])c1ccc(N([N]c2c([N+](=O)[O-])cc([N+](=O)[O-])cc2[N+](=O)[O-])c2ccc([N+](=O)[O-])cc2)cc1. The maximum atomic E-state index is 11.6. The van der Waals surface area contributed by atoms with Gasteiger partial charge in [-0.3, -0.25) is 50.6 Å². The van der Waals surface area contributed by atoms with E-state index in [0.717, 1.165) is 29.3 Å². The molecule has 17 nitrogen and oxygen atoms in total. The van der Waals surface area contributed by atoms with Crippen LogP contribution in [0.4, 0.5) is 45.5 Å². The van der Waals surface area contributed by atoms with Gasteiger partial charge in [-0.1, -0.05) is 0 Å². The Kier molecular flexibility index (Phi) is 6.42. The van der Waals surface area contributed by atoms with Gasteiger partial charge in [0.15, 0.2) is 0 Å². The van der Waals surface area contributed by atoms with Gasteiger partial charge in [-0.25, -0.2) is 5.01 Å². The molecule has 1 radical (unpaired) electrons. The lowest BCUT2D eigenvalue weighted by molar-refractivity contribution is -0.402. The summed E-state index contributed by atoms with van der Waals surface area (Å²) in [4.78, 5) is 51.6. The van der Waals surface area contributed by atoms with Crippen molar-refractivity contribution in [3.05, 3.63) is 111 Å². The fraction of sp³-hybridized carbons (Fsp3) is 0. The van der Waals surface area contributed by atoms with Crippen LogP contribution in [0, 0.1) is 50.6 Å². The average Bonchev–Trinajstić information content (AvgIpc) is 2.82. The number of non-ortho nitro benzene ring substituents is 3. The summed E-state index contributed by atoms with van der Waals surface area (Å²) >= 11 is 0. The molecule has 0 N–H and O–H groups in total. The van der Waals surface area contributed by atoms with Crippen molar-refractivity contribution in [3.63, 3.8) is 0 Å². The monoisotopic (exact) mass is 484 g/mol. The van der Waals surface area contributed by atoms with Crippen LogP contribution < -0.4 is 10.4 Å². The number of rotatable bonds is 9. The molecule has 177 valence electrons. The van der Waals surface area contributed by atoms with E-state index in [0.29, 0.717) is 12.1 Å². The van der Waals surface area contributed by atoms with Gasteiger partial charge in [-0.05, 0) is 24.3 Å². The lowest BCUT2D eigenvalue weighted by Gasteiger charge is -2.23. The molecule has 0 bridgehead atoms. The summed E-state index contributed by atoms with van der Waals surface area (Å²) in [5.74, 6) is 0. The van der Waals surface area contributed by atoms with Crippen LogP contribution in [-0.4, -0.2) is 24.6 Å². The molecule has 0 aliphatic carbocycles. The first-order chi connectivity index (χ1) is 16.5. The van der Waals surface area contributed by atoms with Crippen molar-refractivity contribution < 1.29 is 24.6 Å². The molecule has 0 aliphatic heterocycles. The van der Waals surface area contributed by atoms with Crippen LogP contribution >= 0.6 is 0 Å². The summed E-state index contributed by atoms with van der Waals surface area (Å²) < 4.78 is 0. The highest BCUT2D eigenvalue weighted by atomic mass is 16.6. The van der Waals surface area contributed by atoms with Crippen LogP contribution in [0.2, 0.25) is 0 Å². The molecule has 0 amide bonds. The molecule has 3 aromatic rings. The Hall–Kier alpha value is -5.74. The smallest absolute Gasteiger partial charge is 0.258 e. The summed E-state index contributed by atoms with van der Waals surface area (Å²) in [6.07, 6.45) is 0. The van der Waals surface area contributed by atoms with Crippen molar-refractivity contribution >= 4 is 45.5 Å². The Labute approximate surface area is 192 Å². The summed E-state index contributed by atoms with van der Waals surface area (Å²) in [7, 11) is 0. The van der Waals surface area contributed by atoms with E-state index in [4.69, 9.17) is 0 Å². The fourth-order valence-corrected chi connectivity index (χ4v) is 2.87. The first-order valence-corrected chi connectivity index (χ1v) is 9.11. The van der Waals surface area contributed by atoms with Crippen LogP contribution in [0.25, 0.3) is 0 Å². The van der Waals surface area contributed by atoms with Crippen LogP contribution in [0.5, 0.6) is 0 Å². The van der Waals surface area contributed by atoms with Crippen LogP contribution in [0.3, 0.4) is 0 Å². The molecule has 17 heteroatoms. The lowest BCUT2D eigenvalue weighted by Crippen LogP contribution is -2.24. The Morgan fingerprint density at radius 2 is 0.857 bits per heavy atom. The Morgan fingerprint density at radius 1 is 0.514 bits per heavy atom. The number of hydrogen-bond acceptors (Lipinski definition) is 11. The predicted octanol–water partition coefficient (Wildman–Crippen LogP) is 4.22. The highest BCUT2D eigenvalue weighted by molar-refractivity contribution is 5.76. The molecule has 0 saturated carbocycles. The Morgan fingerprint density at radius 3 is 1.14 bits per heavy atom. The fourth-order valence-electron chi connectivity index (χ4n) is 2.87. The molecule has 0 spiro atoms. The second kappa shape index (κ2) is 9.40. The van der Waals surface area contributed by atoms with Gasteiger partial charge in [-0.2, -0.15) is 5.43 Å². The van der Waals surface area contributed by atoms with E-state index in [-0.39, 0.29) is 22.7 Å². The second-order valence-electron chi connectivity index (χ2n) is 6.56. The molecule has 0 atom stereocenters. The molecule has 0 saturated heterocycles. The summed E-state index contributed by atoms with van der Waals surface area (Å²) in [6, 6.07) is 10.0. The molecule has 0 fully saturated rings. The third-order valence-corrected chi connectivity index (χ3v) is 4.47. The van der Waals surface area contributed by atoms with Crippen LogP contribution in [0.15, 0.2) is 60.7 Å². The molecular formula is C18H10N7O10. The van der Waals surface area contributed by atoms with E-state index in [9.17, 15) is 50.6 Å². The normalized spacial score (nSPS) is 10.3. The lowest BCUT2D eigenvalue weighted by atomic mass is 10.2. The van der Waals surface area contributed by atoms with Gasteiger partial charge in [0.05, 0.1) is 48.1 Å². The summed E-state index contributed by atoms with van der Waals surface area (Å²) in [6.45, 7) is 0. The zero-order valence-electron chi connectivity index (χ0n) is 17.0. The zero-order valence-corrected chi connectivity index (χ0v) is 17.0. The van der Waals surface area contributed by atoms with Crippen molar-refractivity contribution in [2.24, 2.45) is 0 Å². The van der Waals surface area contributed by atoms with Gasteiger partial charge in [0.1, 0.15) is 0 Å². The minimum atomic E-state index is -1.09. The second-order valence-corrected chi connectivity index (χ2v) is 6.56. The molecule has 0 aromatic heterocycles. The average molecular weight is 484 g/mol. The van der Waals surface area contributed by atoms with Crippen molar-refractivity contribution in [2.75, 3.05) is 5.01 Å². The minimum absolute atomic E-state index is 0.0337. The van der Waals surface area contributed by atoms with Crippen molar-refractivity contribution in [1.29, 1.82) is 0 Å². The molecule has 0 aliphatic rings. The van der Waals surface area contributed by atoms with Gasteiger partial charge >= 0.3 is 11.4 Å². The van der Waals surface area contributed by atoms with E-state index < -0.39 is 47.4 Å². The third-order valence-electron chi connectivity index (χ3n) is 4.47. The third kappa shape index (κ3) is 5.03. The molecule has 0 unspecified atom stereocenters. The van der Waals surface area contributed by atoms with E-state index >= 15 is 0 Å². The van der Waals surface area contributed by atoms with Gasteiger partial charge in [-0.15, -0.1) is 0 Å². The van der Waals surface area contributed by atoms with E-state index in [2.05, 4.69) is 5.43 Å². The van der Waals surface area contributed by atoms with Crippen molar-refractivity contribution in [3.8, 4) is 0 Å². The van der Waals surface area contributed by atoms with Crippen molar-refractivity contribution in [1.82, 2.24) is 5.43 Å².